The van der Waals surface area contributed by atoms with Gasteiger partial charge in [-0.25, -0.2) is 4.79 Å². The lowest BCUT2D eigenvalue weighted by Crippen LogP contribution is -2.67. The Hall–Kier alpha value is -3.10. The molecule has 10 heteroatoms. The highest BCUT2D eigenvalue weighted by Crippen LogP contribution is 2.41. The fourth-order valence-corrected chi connectivity index (χ4v) is 14.0. The van der Waals surface area contributed by atoms with Gasteiger partial charge in [0.1, 0.15) is 11.9 Å². The Balaban J connectivity index is 1.63. The molecule has 3 aromatic carbocycles. The Morgan fingerprint density at radius 2 is 1.41 bits per heavy atom. The fourth-order valence-electron chi connectivity index (χ4n) is 7.35. The summed E-state index contributed by atoms with van der Waals surface area (Å²) in [5, 5.41) is 2.39. The average Bonchev–Trinajstić information content (AvgIpc) is 3.46. The van der Waals surface area contributed by atoms with Crippen LogP contribution >= 0.6 is 0 Å². The van der Waals surface area contributed by atoms with Gasteiger partial charge in [0, 0.05) is 14.2 Å². The third-order valence-corrected chi connectivity index (χ3v) is 22.9. The predicted octanol–water partition coefficient (Wildman–Crippen LogP) is 11.4. The Bertz CT molecular complexity index is 1810. The molecule has 1 heterocycles. The van der Waals surface area contributed by atoms with Gasteiger partial charge in [-0.15, -0.1) is 0 Å². The van der Waals surface area contributed by atoms with E-state index in [-0.39, 0.29) is 40.5 Å². The van der Waals surface area contributed by atoms with Crippen LogP contribution in [0.5, 0.6) is 5.75 Å². The largest absolute Gasteiger partial charge is 0.497 e. The van der Waals surface area contributed by atoms with Crippen molar-refractivity contribution in [3.8, 4) is 5.75 Å². The molecule has 0 radical (unpaired) electrons. The van der Waals surface area contributed by atoms with Crippen LogP contribution in [0.15, 0.2) is 97.1 Å². The Morgan fingerprint density at radius 3 is 1.93 bits per heavy atom. The van der Waals surface area contributed by atoms with Crippen LogP contribution in [-0.4, -0.2) is 74.6 Å². The standard InChI is InChI=1S/C49H74O7Si3/c1-37(55-59(48(5,6)7,40-26-18-16-19-27-40)41-28-20-17-21-29-41)24-22-31-44(56-58(14,15)47(2,3)4)45-43(53-49(8,9)54-45)30-23-25-38-36-39(51-10)32-33-42(38)46(50)52-34-35-57(11,12)13/h16-23,25-29,31-33,36-37,43-45H,24,30,34-35H2,1-15H3/b25-23+,31-22-/t37-,43-,44?,45-/m0/s1. The number of carbonyl (C=O) groups is 1. The van der Waals surface area contributed by atoms with Crippen molar-refractivity contribution in [1.82, 2.24) is 0 Å². The first-order valence-electron chi connectivity index (χ1n) is 21.4. The molecule has 1 aliphatic heterocycles. The molecule has 0 spiro atoms. The first kappa shape index (κ1) is 48.6. The highest BCUT2D eigenvalue weighted by Gasteiger charge is 2.51. The van der Waals surface area contributed by atoms with E-state index in [2.05, 4.69) is 160 Å². The zero-order valence-electron chi connectivity index (χ0n) is 38.8. The van der Waals surface area contributed by atoms with Crippen molar-refractivity contribution in [3.63, 3.8) is 0 Å². The zero-order valence-corrected chi connectivity index (χ0v) is 41.8. The van der Waals surface area contributed by atoms with Crippen molar-refractivity contribution in [2.75, 3.05) is 13.7 Å². The van der Waals surface area contributed by atoms with Crippen molar-refractivity contribution >= 4 is 47.1 Å². The highest BCUT2D eigenvalue weighted by molar-refractivity contribution is 6.99. The molecule has 1 aliphatic rings. The molecule has 324 valence electrons. The predicted molar refractivity (Wildman–Crippen MR) is 253 cm³/mol. The molecular weight excluding hydrogens is 785 g/mol. The van der Waals surface area contributed by atoms with E-state index in [1.54, 1.807) is 19.2 Å². The lowest BCUT2D eigenvalue weighted by atomic mass is 10.0. The summed E-state index contributed by atoms with van der Waals surface area (Å²) in [6, 6.07) is 28.0. The number of esters is 1. The Labute approximate surface area is 360 Å². The van der Waals surface area contributed by atoms with Gasteiger partial charge in [0.05, 0.1) is 31.5 Å². The van der Waals surface area contributed by atoms with Crippen LogP contribution in [0.2, 0.25) is 48.9 Å². The molecule has 0 aromatic heterocycles. The molecule has 1 fully saturated rings. The maximum Gasteiger partial charge on any atom is 0.338 e. The van der Waals surface area contributed by atoms with Crippen LogP contribution in [0.1, 0.15) is 91.1 Å². The van der Waals surface area contributed by atoms with Gasteiger partial charge in [0.15, 0.2) is 14.1 Å². The van der Waals surface area contributed by atoms with Crippen LogP contribution in [0.25, 0.3) is 6.08 Å². The van der Waals surface area contributed by atoms with Crippen LogP contribution in [-0.2, 0) is 23.1 Å². The minimum Gasteiger partial charge on any atom is -0.497 e. The van der Waals surface area contributed by atoms with Crippen LogP contribution in [0.4, 0.5) is 0 Å². The van der Waals surface area contributed by atoms with Crippen molar-refractivity contribution in [3.05, 3.63) is 108 Å². The summed E-state index contributed by atoms with van der Waals surface area (Å²) in [5.74, 6) is -0.470. The van der Waals surface area contributed by atoms with Crippen molar-refractivity contribution < 1.29 is 32.6 Å². The molecule has 1 saturated heterocycles. The molecule has 3 aromatic rings. The quantitative estimate of drug-likeness (QED) is 0.0717. The number of rotatable bonds is 18. The number of methoxy groups -OCH3 is 1. The van der Waals surface area contributed by atoms with Crippen LogP contribution in [0, 0.1) is 0 Å². The molecule has 4 atom stereocenters. The van der Waals surface area contributed by atoms with Crippen molar-refractivity contribution in [1.29, 1.82) is 0 Å². The van der Waals surface area contributed by atoms with Gasteiger partial charge in [0.2, 0.25) is 0 Å². The maximum absolute atomic E-state index is 13.3. The normalized spacial score (nSPS) is 19.0. The summed E-state index contributed by atoms with van der Waals surface area (Å²) < 4.78 is 39.2. The average molecular weight is 859 g/mol. The monoisotopic (exact) mass is 858 g/mol. The molecule has 1 unspecified atom stereocenters. The number of benzene rings is 3. The minimum atomic E-state index is -2.73. The van der Waals surface area contributed by atoms with E-state index in [4.69, 9.17) is 27.8 Å². The summed E-state index contributed by atoms with van der Waals surface area (Å²) in [6.07, 6.45) is 8.59. The molecule has 7 nitrogen and oxygen atoms in total. The van der Waals surface area contributed by atoms with E-state index in [0.717, 1.165) is 11.6 Å². The molecular formula is C49H74O7Si3. The fraction of sp³-hybridized carbons (Fsp3) is 0.531. The minimum absolute atomic E-state index is 0.0183. The third kappa shape index (κ3) is 13.0. The van der Waals surface area contributed by atoms with E-state index in [0.29, 0.717) is 30.8 Å². The van der Waals surface area contributed by atoms with E-state index >= 15 is 0 Å². The first-order valence-corrected chi connectivity index (χ1v) is 29.9. The van der Waals surface area contributed by atoms with Gasteiger partial charge in [-0.3, -0.25) is 0 Å². The smallest absolute Gasteiger partial charge is 0.338 e. The number of hydrogen-bond donors (Lipinski definition) is 0. The topological polar surface area (TPSA) is 72.5 Å². The summed E-state index contributed by atoms with van der Waals surface area (Å²) in [6.45, 7) is 31.7. The summed E-state index contributed by atoms with van der Waals surface area (Å²) in [4.78, 5) is 13.3. The number of carbonyl (C=O) groups excluding carboxylic acids is 1. The van der Waals surface area contributed by atoms with E-state index in [1.807, 2.05) is 26.0 Å². The lowest BCUT2D eigenvalue weighted by Gasteiger charge is -2.44. The molecule has 0 aliphatic carbocycles. The van der Waals surface area contributed by atoms with Gasteiger partial charge in [-0.05, 0) is 97.0 Å². The summed E-state index contributed by atoms with van der Waals surface area (Å²) in [5.41, 5.74) is 1.25. The molecule has 4 rings (SSSR count). The Kier molecular flexibility index (Phi) is 16.2. The van der Waals surface area contributed by atoms with Crippen LogP contribution < -0.4 is 15.1 Å². The molecule has 0 bridgehead atoms. The number of ether oxygens (including phenoxy) is 4. The molecule has 59 heavy (non-hydrogen) atoms. The SMILES string of the molecule is COc1ccc(C(=O)OCC[Si](C)(C)C)c(/C=C/C[C@@H]2OC(C)(C)O[C@@H]2C(/C=C\C[C@H](C)O[Si](c2ccccc2)(c2ccccc2)C(C)(C)C)O[Si](C)(C)C(C)(C)C)c1. The molecule has 0 saturated carbocycles. The molecule has 0 amide bonds. The second kappa shape index (κ2) is 19.7. The van der Waals surface area contributed by atoms with Gasteiger partial charge >= 0.3 is 5.97 Å². The molecule has 0 N–H and O–H groups in total. The van der Waals surface area contributed by atoms with Crippen LogP contribution in [0.3, 0.4) is 0 Å². The first-order chi connectivity index (χ1) is 27.4. The zero-order chi connectivity index (χ0) is 43.9. The summed E-state index contributed by atoms with van der Waals surface area (Å²) in [7, 11) is -4.72. The highest BCUT2D eigenvalue weighted by atomic mass is 28.4. The van der Waals surface area contributed by atoms with Gasteiger partial charge in [-0.1, -0.05) is 146 Å². The lowest BCUT2D eigenvalue weighted by molar-refractivity contribution is -0.151. The maximum atomic E-state index is 13.3. The van der Waals surface area contributed by atoms with Gasteiger partial charge in [0.25, 0.3) is 8.32 Å². The summed E-state index contributed by atoms with van der Waals surface area (Å²) >= 11 is 0. The Morgan fingerprint density at radius 1 is 0.814 bits per heavy atom. The third-order valence-electron chi connectivity index (χ3n) is 11.6. The number of hydrogen-bond acceptors (Lipinski definition) is 7. The van der Waals surface area contributed by atoms with Gasteiger partial charge in [-0.2, -0.15) is 0 Å². The van der Waals surface area contributed by atoms with Gasteiger partial charge < -0.3 is 27.8 Å². The van der Waals surface area contributed by atoms with E-state index in [1.165, 1.54) is 10.4 Å². The van der Waals surface area contributed by atoms with Crippen molar-refractivity contribution in [2.45, 2.75) is 154 Å². The van der Waals surface area contributed by atoms with Crippen molar-refractivity contribution in [2.24, 2.45) is 0 Å². The van der Waals surface area contributed by atoms with E-state index in [9.17, 15) is 4.79 Å². The van der Waals surface area contributed by atoms with E-state index < -0.39 is 30.5 Å². The second-order valence-corrected chi connectivity index (χ2v) is 34.9. The second-order valence-electron chi connectivity index (χ2n) is 20.3.